The first-order chi connectivity index (χ1) is 7.15. The molecule has 15 heavy (non-hydrogen) atoms. The second kappa shape index (κ2) is 5.86. The van der Waals surface area contributed by atoms with Crippen LogP contribution in [0.2, 0.25) is 0 Å². The van der Waals surface area contributed by atoms with Crippen molar-refractivity contribution in [2.75, 3.05) is 6.54 Å². The zero-order chi connectivity index (χ0) is 11.3. The van der Waals surface area contributed by atoms with Gasteiger partial charge in [0.25, 0.3) is 0 Å². The van der Waals surface area contributed by atoms with Gasteiger partial charge >= 0.3 is 0 Å². The number of hydrogen-bond donors (Lipinski definition) is 1. The summed E-state index contributed by atoms with van der Waals surface area (Å²) in [6, 6.07) is 5.53. The fourth-order valence-corrected chi connectivity index (χ4v) is 1.56. The molecule has 0 bridgehead atoms. The Bertz CT molecular complexity index is 307. The Morgan fingerprint density at radius 2 is 2.07 bits per heavy atom. The molecule has 0 aliphatic rings. The SMILES string of the molecule is CCCNCc1ccc(C(C)C)c(F)c1. The molecule has 0 saturated heterocycles. The highest BCUT2D eigenvalue weighted by Gasteiger charge is 2.06. The first kappa shape index (κ1) is 12.2. The van der Waals surface area contributed by atoms with Crippen molar-refractivity contribution in [3.63, 3.8) is 0 Å². The summed E-state index contributed by atoms with van der Waals surface area (Å²) in [5.41, 5.74) is 1.82. The van der Waals surface area contributed by atoms with Crippen LogP contribution in [0, 0.1) is 5.82 Å². The number of nitrogens with one attached hydrogen (secondary N) is 1. The summed E-state index contributed by atoms with van der Waals surface area (Å²) in [6.45, 7) is 7.87. The Kier molecular flexibility index (Phi) is 4.76. The van der Waals surface area contributed by atoms with Gasteiger partial charge in [0.05, 0.1) is 0 Å². The van der Waals surface area contributed by atoms with Gasteiger partial charge in [0.1, 0.15) is 5.82 Å². The predicted octanol–water partition coefficient (Wildman–Crippen LogP) is 3.45. The fourth-order valence-electron chi connectivity index (χ4n) is 1.56. The van der Waals surface area contributed by atoms with E-state index in [1.165, 1.54) is 0 Å². The molecule has 0 atom stereocenters. The molecule has 0 aliphatic carbocycles. The van der Waals surface area contributed by atoms with Gasteiger partial charge in [-0.2, -0.15) is 0 Å². The first-order valence-corrected chi connectivity index (χ1v) is 5.64. The van der Waals surface area contributed by atoms with E-state index in [0.717, 1.165) is 30.6 Å². The minimum absolute atomic E-state index is 0.0826. The third kappa shape index (κ3) is 3.63. The third-order valence-electron chi connectivity index (χ3n) is 2.44. The molecule has 0 saturated carbocycles. The van der Waals surface area contributed by atoms with E-state index in [1.807, 2.05) is 26.0 Å². The number of benzene rings is 1. The summed E-state index contributed by atoms with van der Waals surface area (Å²) in [5.74, 6) is 0.170. The van der Waals surface area contributed by atoms with Crippen molar-refractivity contribution in [2.24, 2.45) is 0 Å². The third-order valence-corrected chi connectivity index (χ3v) is 2.44. The van der Waals surface area contributed by atoms with Crippen LogP contribution in [0.4, 0.5) is 4.39 Å². The molecular weight excluding hydrogens is 189 g/mol. The van der Waals surface area contributed by atoms with E-state index >= 15 is 0 Å². The van der Waals surface area contributed by atoms with Crippen LogP contribution in [0.5, 0.6) is 0 Å². The van der Waals surface area contributed by atoms with Crippen molar-refractivity contribution < 1.29 is 4.39 Å². The van der Waals surface area contributed by atoms with Crippen LogP contribution in [0.15, 0.2) is 18.2 Å². The van der Waals surface area contributed by atoms with Gasteiger partial charge in [0, 0.05) is 6.54 Å². The number of rotatable bonds is 5. The van der Waals surface area contributed by atoms with Gasteiger partial charge in [-0.05, 0) is 36.1 Å². The number of hydrogen-bond acceptors (Lipinski definition) is 1. The average Bonchev–Trinajstić information content (AvgIpc) is 2.17. The first-order valence-electron chi connectivity index (χ1n) is 5.64. The maximum absolute atomic E-state index is 13.6. The van der Waals surface area contributed by atoms with Gasteiger partial charge in [-0.1, -0.05) is 32.9 Å². The van der Waals surface area contributed by atoms with Crippen LogP contribution in [-0.2, 0) is 6.54 Å². The van der Waals surface area contributed by atoms with Crippen molar-refractivity contribution in [2.45, 2.75) is 39.7 Å². The van der Waals surface area contributed by atoms with Crippen molar-refractivity contribution >= 4 is 0 Å². The molecule has 1 N–H and O–H groups in total. The second-order valence-corrected chi connectivity index (χ2v) is 4.19. The molecule has 0 aromatic heterocycles. The molecule has 0 heterocycles. The van der Waals surface area contributed by atoms with E-state index in [2.05, 4.69) is 12.2 Å². The molecule has 1 aromatic rings. The van der Waals surface area contributed by atoms with Crippen LogP contribution in [0.1, 0.15) is 44.2 Å². The van der Waals surface area contributed by atoms with Gasteiger partial charge in [-0.3, -0.25) is 0 Å². The van der Waals surface area contributed by atoms with Crippen molar-refractivity contribution in [1.82, 2.24) is 5.32 Å². The second-order valence-electron chi connectivity index (χ2n) is 4.19. The molecular formula is C13H20FN. The molecule has 84 valence electrons. The minimum atomic E-state index is -0.0826. The average molecular weight is 209 g/mol. The highest BCUT2D eigenvalue weighted by atomic mass is 19.1. The van der Waals surface area contributed by atoms with Gasteiger partial charge < -0.3 is 5.32 Å². The molecule has 0 amide bonds. The molecule has 0 fully saturated rings. The summed E-state index contributed by atoms with van der Waals surface area (Å²) in [5, 5.41) is 3.26. The van der Waals surface area contributed by atoms with Crippen LogP contribution in [-0.4, -0.2) is 6.54 Å². The highest BCUT2D eigenvalue weighted by molar-refractivity contribution is 5.26. The van der Waals surface area contributed by atoms with E-state index in [0.29, 0.717) is 0 Å². The van der Waals surface area contributed by atoms with E-state index < -0.39 is 0 Å². The molecule has 0 radical (unpaired) electrons. The lowest BCUT2D eigenvalue weighted by Crippen LogP contribution is -2.14. The lowest BCUT2D eigenvalue weighted by atomic mass is 10.0. The van der Waals surface area contributed by atoms with Gasteiger partial charge in [0.2, 0.25) is 0 Å². The summed E-state index contributed by atoms with van der Waals surface area (Å²) in [4.78, 5) is 0. The maximum Gasteiger partial charge on any atom is 0.126 e. The molecule has 0 aliphatic heterocycles. The maximum atomic E-state index is 13.6. The van der Waals surface area contributed by atoms with Crippen LogP contribution in [0.3, 0.4) is 0 Å². The summed E-state index contributed by atoms with van der Waals surface area (Å²) in [6.07, 6.45) is 1.10. The Hall–Kier alpha value is -0.890. The zero-order valence-electron chi connectivity index (χ0n) is 9.81. The Labute approximate surface area is 91.7 Å². The molecule has 2 heteroatoms. The highest BCUT2D eigenvalue weighted by Crippen LogP contribution is 2.19. The summed E-state index contributed by atoms with van der Waals surface area (Å²) < 4.78 is 13.6. The topological polar surface area (TPSA) is 12.0 Å². The van der Waals surface area contributed by atoms with E-state index in [9.17, 15) is 4.39 Å². The Morgan fingerprint density at radius 1 is 1.33 bits per heavy atom. The Balaban J connectivity index is 2.65. The van der Waals surface area contributed by atoms with E-state index in [-0.39, 0.29) is 11.7 Å². The van der Waals surface area contributed by atoms with Gasteiger partial charge in [0.15, 0.2) is 0 Å². The van der Waals surface area contributed by atoms with Crippen molar-refractivity contribution in [3.05, 3.63) is 35.1 Å². The van der Waals surface area contributed by atoms with Gasteiger partial charge in [-0.15, -0.1) is 0 Å². The van der Waals surface area contributed by atoms with Crippen molar-refractivity contribution in [1.29, 1.82) is 0 Å². The molecule has 1 rings (SSSR count). The molecule has 1 nitrogen and oxygen atoms in total. The van der Waals surface area contributed by atoms with Crippen LogP contribution in [0.25, 0.3) is 0 Å². The lowest BCUT2D eigenvalue weighted by molar-refractivity contribution is 0.592. The van der Waals surface area contributed by atoms with Crippen molar-refractivity contribution in [3.8, 4) is 0 Å². The smallest absolute Gasteiger partial charge is 0.126 e. The minimum Gasteiger partial charge on any atom is -0.313 e. The summed E-state index contributed by atoms with van der Waals surface area (Å²) >= 11 is 0. The van der Waals surface area contributed by atoms with Crippen LogP contribution < -0.4 is 5.32 Å². The molecule has 1 aromatic carbocycles. The lowest BCUT2D eigenvalue weighted by Gasteiger charge is -2.09. The molecule has 0 spiro atoms. The Morgan fingerprint density at radius 3 is 2.60 bits per heavy atom. The van der Waals surface area contributed by atoms with E-state index in [4.69, 9.17) is 0 Å². The largest absolute Gasteiger partial charge is 0.313 e. The fraction of sp³-hybridized carbons (Fsp3) is 0.538. The molecule has 0 unspecified atom stereocenters. The quantitative estimate of drug-likeness (QED) is 0.732. The summed E-state index contributed by atoms with van der Waals surface area (Å²) in [7, 11) is 0. The van der Waals surface area contributed by atoms with E-state index in [1.54, 1.807) is 6.07 Å². The number of halogens is 1. The zero-order valence-corrected chi connectivity index (χ0v) is 9.81. The standard InChI is InChI=1S/C13H20FN/c1-4-7-15-9-11-5-6-12(10(2)3)13(14)8-11/h5-6,8,10,15H,4,7,9H2,1-3H3. The van der Waals surface area contributed by atoms with Gasteiger partial charge in [-0.25, -0.2) is 4.39 Å². The predicted molar refractivity (Wildman–Crippen MR) is 62.5 cm³/mol. The van der Waals surface area contributed by atoms with Crippen LogP contribution >= 0.6 is 0 Å². The monoisotopic (exact) mass is 209 g/mol. The normalized spacial score (nSPS) is 11.0.